The van der Waals surface area contributed by atoms with Crippen LogP contribution in [-0.4, -0.2) is 22.4 Å². The highest BCUT2D eigenvalue weighted by atomic mass is 32.1. The number of carbonyl (C=O) groups excluding carboxylic acids is 1. The lowest BCUT2D eigenvalue weighted by Crippen LogP contribution is -2.24. The van der Waals surface area contributed by atoms with Crippen LogP contribution in [0.2, 0.25) is 0 Å². The molecular formula is C21H23N3OS. The van der Waals surface area contributed by atoms with Crippen molar-refractivity contribution in [2.24, 2.45) is 0 Å². The maximum atomic E-state index is 12.4. The van der Waals surface area contributed by atoms with E-state index in [2.05, 4.69) is 27.4 Å². The van der Waals surface area contributed by atoms with E-state index in [0.29, 0.717) is 6.54 Å². The Hall–Kier alpha value is -2.53. The molecule has 0 saturated heterocycles. The zero-order valence-corrected chi connectivity index (χ0v) is 15.8. The first-order chi connectivity index (χ1) is 12.7. The van der Waals surface area contributed by atoms with Crippen molar-refractivity contribution in [1.29, 1.82) is 0 Å². The van der Waals surface area contributed by atoms with Crippen molar-refractivity contribution in [3.05, 3.63) is 81.6 Å². The number of hydrogen-bond donors (Lipinski definition) is 1. The third kappa shape index (κ3) is 5.23. The summed E-state index contributed by atoms with van der Waals surface area (Å²) in [6.07, 6.45) is 7.26. The first-order valence-corrected chi connectivity index (χ1v) is 9.71. The second-order valence-electron chi connectivity index (χ2n) is 6.22. The van der Waals surface area contributed by atoms with E-state index in [1.807, 2.05) is 37.3 Å². The zero-order valence-electron chi connectivity index (χ0n) is 14.9. The molecule has 0 spiro atoms. The van der Waals surface area contributed by atoms with E-state index < -0.39 is 0 Å². The molecule has 0 bridgehead atoms. The number of aryl methyl sites for hydroxylation is 4. The van der Waals surface area contributed by atoms with Gasteiger partial charge in [-0.15, -0.1) is 11.3 Å². The first kappa shape index (κ1) is 18.3. The van der Waals surface area contributed by atoms with Crippen molar-refractivity contribution >= 4 is 17.2 Å². The summed E-state index contributed by atoms with van der Waals surface area (Å²) in [5.41, 5.74) is 3.36. The third-order valence-corrected chi connectivity index (χ3v) is 5.41. The van der Waals surface area contributed by atoms with Gasteiger partial charge in [0.15, 0.2) is 0 Å². The van der Waals surface area contributed by atoms with Gasteiger partial charge in [-0.3, -0.25) is 9.78 Å². The number of thiazole rings is 1. The molecule has 4 nitrogen and oxygen atoms in total. The topological polar surface area (TPSA) is 54.9 Å². The minimum Gasteiger partial charge on any atom is -0.351 e. The summed E-state index contributed by atoms with van der Waals surface area (Å²) in [6, 6.07) is 14.4. The maximum absolute atomic E-state index is 12.4. The van der Waals surface area contributed by atoms with Crippen molar-refractivity contribution in [2.45, 2.75) is 32.6 Å². The predicted octanol–water partition coefficient (Wildman–Crippen LogP) is 3.99. The summed E-state index contributed by atoms with van der Waals surface area (Å²) >= 11 is 1.50. The number of aromatic nitrogens is 2. The number of amides is 1. The molecule has 0 fully saturated rings. The highest BCUT2D eigenvalue weighted by Crippen LogP contribution is 2.19. The normalized spacial score (nSPS) is 10.7. The van der Waals surface area contributed by atoms with E-state index in [9.17, 15) is 4.79 Å². The Morgan fingerprint density at radius 3 is 2.50 bits per heavy atom. The van der Waals surface area contributed by atoms with Gasteiger partial charge in [0.05, 0.1) is 10.7 Å². The fourth-order valence-corrected chi connectivity index (χ4v) is 3.77. The van der Waals surface area contributed by atoms with Gasteiger partial charge in [-0.1, -0.05) is 30.3 Å². The van der Waals surface area contributed by atoms with Gasteiger partial charge < -0.3 is 5.32 Å². The number of nitrogens with one attached hydrogen (secondary N) is 1. The molecule has 134 valence electrons. The molecule has 1 N–H and O–H groups in total. The van der Waals surface area contributed by atoms with Gasteiger partial charge in [-0.25, -0.2) is 4.98 Å². The maximum Gasteiger partial charge on any atom is 0.263 e. The fourth-order valence-electron chi connectivity index (χ4n) is 2.79. The number of benzene rings is 1. The molecule has 2 aromatic heterocycles. The summed E-state index contributed by atoms with van der Waals surface area (Å²) in [6.45, 7) is 2.59. The molecule has 3 aromatic rings. The van der Waals surface area contributed by atoms with Crippen LogP contribution in [0, 0.1) is 6.92 Å². The molecule has 5 heteroatoms. The Bertz CT molecular complexity index is 831. The molecule has 0 radical (unpaired) electrons. The van der Waals surface area contributed by atoms with Gasteiger partial charge in [0.1, 0.15) is 4.88 Å². The summed E-state index contributed by atoms with van der Waals surface area (Å²) in [4.78, 5) is 21.7. The van der Waals surface area contributed by atoms with E-state index in [1.165, 1.54) is 22.5 Å². The predicted molar refractivity (Wildman–Crippen MR) is 106 cm³/mol. The van der Waals surface area contributed by atoms with E-state index >= 15 is 0 Å². The average Bonchev–Trinajstić information content (AvgIpc) is 3.06. The van der Waals surface area contributed by atoms with Crippen molar-refractivity contribution in [3.63, 3.8) is 0 Å². The Balaban J connectivity index is 1.47. The van der Waals surface area contributed by atoms with Gasteiger partial charge in [0, 0.05) is 25.4 Å². The molecule has 0 aliphatic carbocycles. The van der Waals surface area contributed by atoms with Crippen LogP contribution in [0.4, 0.5) is 0 Å². The molecule has 1 amide bonds. The number of hydrogen-bond acceptors (Lipinski definition) is 4. The lowest BCUT2D eigenvalue weighted by atomic mass is 10.1. The summed E-state index contributed by atoms with van der Waals surface area (Å²) < 4.78 is 0. The molecular weight excluding hydrogens is 342 g/mol. The third-order valence-electron chi connectivity index (χ3n) is 4.19. The van der Waals surface area contributed by atoms with E-state index in [1.54, 1.807) is 12.4 Å². The van der Waals surface area contributed by atoms with Crippen LogP contribution in [0.3, 0.4) is 0 Å². The van der Waals surface area contributed by atoms with E-state index in [4.69, 9.17) is 0 Å². The summed E-state index contributed by atoms with van der Waals surface area (Å²) in [5.74, 6) is -0.0109. The molecule has 1 aromatic carbocycles. The minimum absolute atomic E-state index is 0.0109. The van der Waals surface area contributed by atoms with Crippen LogP contribution >= 0.6 is 11.3 Å². The van der Waals surface area contributed by atoms with Crippen LogP contribution in [0.1, 0.15) is 37.9 Å². The van der Waals surface area contributed by atoms with Crippen molar-refractivity contribution in [1.82, 2.24) is 15.3 Å². The van der Waals surface area contributed by atoms with Gasteiger partial charge in [-0.2, -0.15) is 0 Å². The summed E-state index contributed by atoms with van der Waals surface area (Å²) in [5, 5.41) is 4.03. The molecule has 0 aliphatic heterocycles. The second-order valence-corrected chi connectivity index (χ2v) is 7.31. The number of carbonyl (C=O) groups is 1. The van der Waals surface area contributed by atoms with Crippen LogP contribution in [-0.2, 0) is 19.3 Å². The molecule has 3 rings (SSSR count). The lowest BCUT2D eigenvalue weighted by Gasteiger charge is -2.04. The van der Waals surface area contributed by atoms with Gasteiger partial charge in [0.2, 0.25) is 0 Å². The van der Waals surface area contributed by atoms with Gasteiger partial charge >= 0.3 is 0 Å². The Morgan fingerprint density at radius 1 is 1.00 bits per heavy atom. The van der Waals surface area contributed by atoms with Crippen LogP contribution in [0.25, 0.3) is 0 Å². The Kier molecular flexibility index (Phi) is 6.50. The highest BCUT2D eigenvalue weighted by Gasteiger charge is 2.14. The van der Waals surface area contributed by atoms with E-state index in [0.717, 1.165) is 41.3 Å². The SMILES string of the molecule is Cc1nc(CCc2ccncc2)sc1C(=O)NCCCc1ccccc1. The van der Waals surface area contributed by atoms with Crippen molar-refractivity contribution in [3.8, 4) is 0 Å². The van der Waals surface area contributed by atoms with Crippen molar-refractivity contribution in [2.75, 3.05) is 6.54 Å². The monoisotopic (exact) mass is 365 g/mol. The van der Waals surface area contributed by atoms with Crippen LogP contribution in [0.5, 0.6) is 0 Å². The first-order valence-electron chi connectivity index (χ1n) is 8.89. The zero-order chi connectivity index (χ0) is 18.2. The lowest BCUT2D eigenvalue weighted by molar-refractivity contribution is 0.0956. The molecule has 2 heterocycles. The number of nitrogens with zero attached hydrogens (tertiary/aromatic N) is 2. The smallest absolute Gasteiger partial charge is 0.263 e. The number of pyridine rings is 1. The second kappa shape index (κ2) is 9.25. The number of rotatable bonds is 8. The van der Waals surface area contributed by atoms with Gasteiger partial charge in [-0.05, 0) is 49.4 Å². The Morgan fingerprint density at radius 2 is 1.73 bits per heavy atom. The van der Waals surface area contributed by atoms with Gasteiger partial charge in [0.25, 0.3) is 5.91 Å². The molecule has 0 atom stereocenters. The quantitative estimate of drug-likeness (QED) is 0.614. The van der Waals surface area contributed by atoms with E-state index in [-0.39, 0.29) is 5.91 Å². The van der Waals surface area contributed by atoms with Crippen LogP contribution < -0.4 is 5.32 Å². The summed E-state index contributed by atoms with van der Waals surface area (Å²) in [7, 11) is 0. The standard InChI is InChI=1S/C21H23N3OS/c1-16-20(21(25)23-13-5-8-17-6-3-2-4-7-17)26-19(24-16)10-9-18-11-14-22-15-12-18/h2-4,6-7,11-12,14-15H,5,8-10,13H2,1H3,(H,23,25). The largest absolute Gasteiger partial charge is 0.351 e. The average molecular weight is 366 g/mol. The van der Waals surface area contributed by atoms with Crippen LogP contribution in [0.15, 0.2) is 54.9 Å². The minimum atomic E-state index is -0.0109. The molecule has 26 heavy (non-hydrogen) atoms. The highest BCUT2D eigenvalue weighted by molar-refractivity contribution is 7.13. The fraction of sp³-hybridized carbons (Fsp3) is 0.286. The Labute approximate surface area is 158 Å². The van der Waals surface area contributed by atoms with Crippen molar-refractivity contribution < 1.29 is 4.79 Å². The molecule has 0 unspecified atom stereocenters. The molecule has 0 saturated carbocycles. The molecule has 0 aliphatic rings.